The normalized spacial score (nSPS) is 23.6. The van der Waals surface area contributed by atoms with Gasteiger partial charge in [0.05, 0.1) is 23.5 Å². The Hall–Kier alpha value is -0.660. The van der Waals surface area contributed by atoms with Gasteiger partial charge in [0.2, 0.25) is 0 Å². The SMILES string of the molecule is CC1=NCC(C)(C)N=C1C. The third-order valence-corrected chi connectivity index (χ3v) is 1.70. The molecule has 1 rings (SSSR count). The molecule has 2 nitrogen and oxygen atoms in total. The molecule has 0 unspecified atom stereocenters. The summed E-state index contributed by atoms with van der Waals surface area (Å²) < 4.78 is 0. The molecular formula is C8H14N2. The Labute approximate surface area is 62.1 Å². The highest BCUT2D eigenvalue weighted by molar-refractivity contribution is 6.41. The molecule has 0 atom stereocenters. The van der Waals surface area contributed by atoms with Gasteiger partial charge in [0.25, 0.3) is 0 Å². The fourth-order valence-electron chi connectivity index (χ4n) is 0.997. The molecule has 0 amide bonds. The van der Waals surface area contributed by atoms with E-state index >= 15 is 0 Å². The fourth-order valence-corrected chi connectivity index (χ4v) is 0.997. The summed E-state index contributed by atoms with van der Waals surface area (Å²) in [5, 5.41) is 0. The summed E-state index contributed by atoms with van der Waals surface area (Å²) in [5.41, 5.74) is 2.19. The van der Waals surface area contributed by atoms with Crippen molar-refractivity contribution < 1.29 is 0 Å². The van der Waals surface area contributed by atoms with Crippen LogP contribution in [0.15, 0.2) is 9.98 Å². The molecule has 1 aliphatic heterocycles. The molecule has 0 saturated carbocycles. The maximum absolute atomic E-state index is 4.48. The summed E-state index contributed by atoms with van der Waals surface area (Å²) >= 11 is 0. The Balaban J connectivity index is 2.87. The fraction of sp³-hybridized carbons (Fsp3) is 0.750. The van der Waals surface area contributed by atoms with Crippen LogP contribution in [-0.4, -0.2) is 23.5 Å². The van der Waals surface area contributed by atoms with Gasteiger partial charge >= 0.3 is 0 Å². The zero-order chi connectivity index (χ0) is 7.78. The van der Waals surface area contributed by atoms with Gasteiger partial charge in [-0.15, -0.1) is 0 Å². The van der Waals surface area contributed by atoms with Gasteiger partial charge in [-0.2, -0.15) is 0 Å². The standard InChI is InChI=1S/C8H14N2/c1-6-7(2)10-8(3,4)5-9-6/h5H2,1-4H3. The van der Waals surface area contributed by atoms with Gasteiger partial charge in [-0.3, -0.25) is 9.98 Å². The van der Waals surface area contributed by atoms with Gasteiger partial charge in [0.1, 0.15) is 0 Å². The van der Waals surface area contributed by atoms with Crippen LogP contribution >= 0.6 is 0 Å². The smallest absolute Gasteiger partial charge is 0.0750 e. The molecule has 0 saturated heterocycles. The molecule has 0 fully saturated rings. The molecule has 0 aromatic rings. The summed E-state index contributed by atoms with van der Waals surface area (Å²) in [6.07, 6.45) is 0. The molecular weight excluding hydrogens is 124 g/mol. The lowest BCUT2D eigenvalue weighted by atomic mass is 10.0. The minimum atomic E-state index is 0.0313. The first-order valence-electron chi connectivity index (χ1n) is 3.59. The van der Waals surface area contributed by atoms with Crippen molar-refractivity contribution >= 4 is 11.4 Å². The maximum atomic E-state index is 4.48. The molecule has 0 bridgehead atoms. The first-order chi connectivity index (χ1) is 4.51. The quantitative estimate of drug-likeness (QED) is 0.486. The lowest BCUT2D eigenvalue weighted by molar-refractivity contribution is 0.533. The van der Waals surface area contributed by atoms with Gasteiger partial charge in [-0.1, -0.05) is 0 Å². The molecule has 0 aliphatic carbocycles. The van der Waals surface area contributed by atoms with Gasteiger partial charge in [0, 0.05) is 0 Å². The molecule has 56 valence electrons. The third kappa shape index (κ3) is 1.43. The summed E-state index contributed by atoms with van der Waals surface area (Å²) in [6.45, 7) is 9.06. The summed E-state index contributed by atoms with van der Waals surface area (Å²) in [6, 6.07) is 0. The van der Waals surface area contributed by atoms with Gasteiger partial charge in [-0.05, 0) is 27.7 Å². The largest absolute Gasteiger partial charge is 0.286 e. The van der Waals surface area contributed by atoms with E-state index in [9.17, 15) is 0 Å². The second-order valence-corrected chi connectivity index (χ2v) is 3.41. The summed E-state index contributed by atoms with van der Waals surface area (Å²) in [4.78, 5) is 8.83. The number of rotatable bonds is 0. The van der Waals surface area contributed by atoms with Crippen molar-refractivity contribution in [2.45, 2.75) is 33.2 Å². The molecule has 0 aromatic carbocycles. The number of nitrogens with zero attached hydrogens (tertiary/aromatic N) is 2. The monoisotopic (exact) mass is 138 g/mol. The first kappa shape index (κ1) is 7.45. The molecule has 2 heteroatoms. The zero-order valence-corrected chi connectivity index (χ0v) is 7.10. The topological polar surface area (TPSA) is 24.7 Å². The molecule has 0 N–H and O–H groups in total. The number of aliphatic imine (C=N–C) groups is 2. The Bertz CT molecular complexity index is 199. The second-order valence-electron chi connectivity index (χ2n) is 3.41. The Kier molecular flexibility index (Phi) is 1.63. The lowest BCUT2D eigenvalue weighted by Crippen LogP contribution is -2.29. The highest BCUT2D eigenvalue weighted by Crippen LogP contribution is 2.13. The lowest BCUT2D eigenvalue weighted by Gasteiger charge is -2.22. The van der Waals surface area contributed by atoms with Crippen molar-refractivity contribution in [3.8, 4) is 0 Å². The van der Waals surface area contributed by atoms with Crippen molar-refractivity contribution in [3.05, 3.63) is 0 Å². The molecule has 0 aromatic heterocycles. The predicted octanol–water partition coefficient (Wildman–Crippen LogP) is 1.70. The second kappa shape index (κ2) is 2.19. The molecule has 0 radical (unpaired) electrons. The van der Waals surface area contributed by atoms with Gasteiger partial charge in [-0.25, -0.2) is 0 Å². The van der Waals surface area contributed by atoms with Crippen LogP contribution in [0.2, 0.25) is 0 Å². The molecule has 0 spiro atoms. The predicted molar refractivity (Wildman–Crippen MR) is 45.2 cm³/mol. The van der Waals surface area contributed by atoms with Crippen molar-refractivity contribution in [1.29, 1.82) is 0 Å². The van der Waals surface area contributed by atoms with Crippen molar-refractivity contribution in [2.75, 3.05) is 6.54 Å². The van der Waals surface area contributed by atoms with E-state index in [0.29, 0.717) is 0 Å². The van der Waals surface area contributed by atoms with Crippen molar-refractivity contribution in [3.63, 3.8) is 0 Å². The zero-order valence-electron chi connectivity index (χ0n) is 7.10. The van der Waals surface area contributed by atoms with Gasteiger partial charge in [0.15, 0.2) is 0 Å². The van der Waals surface area contributed by atoms with E-state index in [1.807, 2.05) is 13.8 Å². The molecule has 1 aliphatic rings. The Morgan fingerprint density at radius 1 is 1.20 bits per heavy atom. The van der Waals surface area contributed by atoms with E-state index in [4.69, 9.17) is 0 Å². The maximum Gasteiger partial charge on any atom is 0.0750 e. The Morgan fingerprint density at radius 2 is 1.80 bits per heavy atom. The van der Waals surface area contributed by atoms with Crippen LogP contribution in [0.3, 0.4) is 0 Å². The highest BCUT2D eigenvalue weighted by atomic mass is 15.0. The Morgan fingerprint density at radius 3 is 2.20 bits per heavy atom. The van der Waals surface area contributed by atoms with Crippen molar-refractivity contribution in [2.24, 2.45) is 9.98 Å². The average molecular weight is 138 g/mol. The van der Waals surface area contributed by atoms with Crippen LogP contribution in [0.5, 0.6) is 0 Å². The number of hydrogen-bond acceptors (Lipinski definition) is 2. The minimum Gasteiger partial charge on any atom is -0.286 e. The van der Waals surface area contributed by atoms with Crippen LogP contribution in [0.1, 0.15) is 27.7 Å². The van der Waals surface area contributed by atoms with Crippen molar-refractivity contribution in [1.82, 2.24) is 0 Å². The van der Waals surface area contributed by atoms with Crippen LogP contribution in [-0.2, 0) is 0 Å². The minimum absolute atomic E-state index is 0.0313. The van der Waals surface area contributed by atoms with Gasteiger partial charge < -0.3 is 0 Å². The molecule has 1 heterocycles. The molecule has 10 heavy (non-hydrogen) atoms. The van der Waals surface area contributed by atoms with Crippen LogP contribution in [0.25, 0.3) is 0 Å². The first-order valence-corrected chi connectivity index (χ1v) is 3.59. The van der Waals surface area contributed by atoms with E-state index in [0.717, 1.165) is 18.0 Å². The van der Waals surface area contributed by atoms with Crippen LogP contribution in [0, 0.1) is 0 Å². The van der Waals surface area contributed by atoms with Crippen LogP contribution in [0.4, 0.5) is 0 Å². The van der Waals surface area contributed by atoms with E-state index < -0.39 is 0 Å². The van der Waals surface area contributed by atoms with E-state index in [1.54, 1.807) is 0 Å². The average Bonchev–Trinajstić information content (AvgIpc) is 1.79. The van der Waals surface area contributed by atoms with E-state index in [1.165, 1.54) is 0 Å². The van der Waals surface area contributed by atoms with E-state index in [2.05, 4.69) is 23.8 Å². The highest BCUT2D eigenvalue weighted by Gasteiger charge is 2.19. The third-order valence-electron chi connectivity index (χ3n) is 1.70. The van der Waals surface area contributed by atoms with E-state index in [-0.39, 0.29) is 5.54 Å². The summed E-state index contributed by atoms with van der Waals surface area (Å²) in [5.74, 6) is 0. The van der Waals surface area contributed by atoms with Crippen LogP contribution < -0.4 is 0 Å². The number of hydrogen-bond donors (Lipinski definition) is 0. The summed E-state index contributed by atoms with van der Waals surface area (Å²) in [7, 11) is 0.